The first-order valence-electron chi connectivity index (χ1n) is 6.99. The summed E-state index contributed by atoms with van der Waals surface area (Å²) in [5.41, 5.74) is -0.631. The van der Waals surface area contributed by atoms with Crippen LogP contribution in [0.5, 0.6) is 5.75 Å². The van der Waals surface area contributed by atoms with E-state index in [1.165, 1.54) is 17.8 Å². The van der Waals surface area contributed by atoms with Crippen molar-refractivity contribution in [1.82, 2.24) is 9.78 Å². The van der Waals surface area contributed by atoms with Crippen LogP contribution in [0.2, 0.25) is 0 Å². The number of carbonyl (C=O) groups is 1. The van der Waals surface area contributed by atoms with Gasteiger partial charge in [0.2, 0.25) is 0 Å². The van der Waals surface area contributed by atoms with E-state index in [9.17, 15) is 22.4 Å². The highest BCUT2D eigenvalue weighted by molar-refractivity contribution is 5.92. The molecule has 1 unspecified atom stereocenters. The topological polar surface area (TPSA) is 84.6 Å². The maximum Gasteiger partial charge on any atom is 0.425 e. The van der Waals surface area contributed by atoms with Gasteiger partial charge in [0, 0.05) is 12.6 Å². The summed E-state index contributed by atoms with van der Waals surface area (Å²) in [7, 11) is 1.49. The lowest BCUT2D eigenvalue weighted by molar-refractivity contribution is -0.189. The summed E-state index contributed by atoms with van der Waals surface area (Å²) in [6, 6.07) is 2.75. The molecule has 0 fully saturated rings. The first kappa shape index (κ1) is 18.7. The van der Waals surface area contributed by atoms with Crippen LogP contribution >= 0.6 is 0 Å². The van der Waals surface area contributed by atoms with Gasteiger partial charge in [0.25, 0.3) is 0 Å². The molecule has 0 aliphatic rings. The van der Waals surface area contributed by atoms with Gasteiger partial charge in [0.15, 0.2) is 6.10 Å². The van der Waals surface area contributed by atoms with Crippen molar-refractivity contribution in [3.8, 4) is 17.0 Å². The zero-order valence-electron chi connectivity index (χ0n) is 13.1. The standard InChI is InChI=1S/C15H14F4N2O4/c1-7(15(17,18)19)25-13-5-9(11(16)4-10(13)14(23)24)12-3-8(6-22)21(2)20-12/h3-5,7,22H,6H2,1-2H3,(H,23,24). The Balaban J connectivity index is 2.55. The molecule has 0 radical (unpaired) electrons. The maximum atomic E-state index is 14.2. The molecule has 0 saturated heterocycles. The summed E-state index contributed by atoms with van der Waals surface area (Å²) >= 11 is 0. The van der Waals surface area contributed by atoms with Gasteiger partial charge in [0.1, 0.15) is 17.1 Å². The third-order valence-electron chi connectivity index (χ3n) is 3.48. The first-order valence-corrected chi connectivity index (χ1v) is 6.99. The molecule has 2 aromatic rings. The van der Waals surface area contributed by atoms with Gasteiger partial charge in [-0.05, 0) is 25.1 Å². The Kier molecular flexibility index (Phi) is 5.02. The number of carboxylic acid groups (broad SMARTS) is 1. The molecule has 0 saturated carbocycles. The second-order valence-electron chi connectivity index (χ2n) is 5.24. The molecular formula is C15H14F4N2O4. The highest BCUT2D eigenvalue weighted by Crippen LogP contribution is 2.33. The molecule has 0 aliphatic carbocycles. The third kappa shape index (κ3) is 3.90. The van der Waals surface area contributed by atoms with Crippen LogP contribution in [0.3, 0.4) is 0 Å². The highest BCUT2D eigenvalue weighted by atomic mass is 19.4. The number of aromatic carboxylic acids is 1. The SMILES string of the molecule is CC(Oc1cc(-c2cc(CO)n(C)n2)c(F)cc1C(=O)O)C(F)(F)F. The Hall–Kier alpha value is -2.62. The molecule has 0 bridgehead atoms. The van der Waals surface area contributed by atoms with Crippen molar-refractivity contribution < 1.29 is 37.3 Å². The molecule has 136 valence electrons. The lowest BCUT2D eigenvalue weighted by Crippen LogP contribution is -2.31. The van der Waals surface area contributed by atoms with Crippen LogP contribution in [0.15, 0.2) is 18.2 Å². The van der Waals surface area contributed by atoms with E-state index in [1.54, 1.807) is 0 Å². The minimum Gasteiger partial charge on any atom is -0.480 e. The minimum atomic E-state index is -4.72. The normalized spacial score (nSPS) is 12.9. The Labute approximate surface area is 139 Å². The Morgan fingerprint density at radius 2 is 2.00 bits per heavy atom. The molecule has 2 N–H and O–H groups in total. The van der Waals surface area contributed by atoms with Gasteiger partial charge in [-0.3, -0.25) is 4.68 Å². The summed E-state index contributed by atoms with van der Waals surface area (Å²) in [6.07, 6.45) is -7.01. The zero-order chi connectivity index (χ0) is 18.9. The van der Waals surface area contributed by atoms with Crippen molar-refractivity contribution in [3.05, 3.63) is 35.3 Å². The van der Waals surface area contributed by atoms with E-state index in [0.717, 1.165) is 6.07 Å². The number of halogens is 4. The van der Waals surface area contributed by atoms with Crippen molar-refractivity contribution in [1.29, 1.82) is 0 Å². The summed E-state index contributed by atoms with van der Waals surface area (Å²) in [5, 5.41) is 22.2. The van der Waals surface area contributed by atoms with E-state index in [0.29, 0.717) is 18.7 Å². The number of hydrogen-bond donors (Lipinski definition) is 2. The number of carboxylic acids is 1. The number of aromatic nitrogens is 2. The molecule has 25 heavy (non-hydrogen) atoms. The molecule has 6 nitrogen and oxygen atoms in total. The molecule has 1 atom stereocenters. The Morgan fingerprint density at radius 1 is 1.36 bits per heavy atom. The molecule has 10 heteroatoms. The number of nitrogens with zero attached hydrogens (tertiary/aromatic N) is 2. The predicted octanol–water partition coefficient (Wildman–Crippen LogP) is 2.75. The lowest BCUT2D eigenvalue weighted by atomic mass is 10.1. The van der Waals surface area contributed by atoms with Crippen LogP contribution in [0.25, 0.3) is 11.3 Å². The van der Waals surface area contributed by atoms with E-state index >= 15 is 0 Å². The number of ether oxygens (including phenoxy) is 1. The smallest absolute Gasteiger partial charge is 0.425 e. The summed E-state index contributed by atoms with van der Waals surface area (Å²) in [5.74, 6) is -3.26. The number of aliphatic hydroxyl groups is 1. The molecule has 1 aromatic carbocycles. The minimum absolute atomic E-state index is 0.0190. The predicted molar refractivity (Wildman–Crippen MR) is 77.6 cm³/mol. The van der Waals surface area contributed by atoms with Gasteiger partial charge in [0.05, 0.1) is 18.0 Å². The number of rotatable bonds is 5. The van der Waals surface area contributed by atoms with Crippen LogP contribution in [0, 0.1) is 5.82 Å². The van der Waals surface area contributed by atoms with Gasteiger partial charge < -0.3 is 14.9 Å². The average Bonchev–Trinajstić information content (AvgIpc) is 2.88. The maximum absolute atomic E-state index is 14.2. The molecule has 0 aliphatic heterocycles. The summed E-state index contributed by atoms with van der Waals surface area (Å²) in [6.45, 7) is 0.325. The molecule has 1 aromatic heterocycles. The van der Waals surface area contributed by atoms with E-state index in [1.807, 2.05) is 0 Å². The second kappa shape index (κ2) is 6.71. The summed E-state index contributed by atoms with van der Waals surface area (Å²) in [4.78, 5) is 11.2. The number of aliphatic hydroxyl groups excluding tert-OH is 1. The zero-order valence-corrected chi connectivity index (χ0v) is 13.1. The van der Waals surface area contributed by atoms with Crippen LogP contribution in [0.1, 0.15) is 23.0 Å². The lowest BCUT2D eigenvalue weighted by Gasteiger charge is -2.19. The van der Waals surface area contributed by atoms with Crippen molar-refractivity contribution in [2.24, 2.45) is 7.05 Å². The Bertz CT molecular complexity index is 802. The highest BCUT2D eigenvalue weighted by Gasteiger charge is 2.39. The fourth-order valence-electron chi connectivity index (χ4n) is 2.06. The van der Waals surface area contributed by atoms with Crippen molar-refractivity contribution in [2.45, 2.75) is 25.8 Å². The quantitative estimate of drug-likeness (QED) is 0.799. The molecule has 2 rings (SSSR count). The molecule has 0 amide bonds. The van der Waals surface area contributed by atoms with Gasteiger partial charge in [-0.1, -0.05) is 0 Å². The van der Waals surface area contributed by atoms with Crippen LogP contribution < -0.4 is 4.74 Å². The monoisotopic (exact) mass is 362 g/mol. The largest absolute Gasteiger partial charge is 0.480 e. The Morgan fingerprint density at radius 3 is 2.48 bits per heavy atom. The summed E-state index contributed by atoms with van der Waals surface area (Å²) < 4.78 is 58.2. The number of hydrogen-bond acceptors (Lipinski definition) is 4. The van der Waals surface area contributed by atoms with Crippen LogP contribution in [-0.4, -0.2) is 38.2 Å². The first-order chi connectivity index (χ1) is 11.5. The molecule has 1 heterocycles. The van der Waals surface area contributed by atoms with Crippen LogP contribution in [-0.2, 0) is 13.7 Å². The second-order valence-corrected chi connectivity index (χ2v) is 5.24. The fraction of sp³-hybridized carbons (Fsp3) is 0.333. The van der Waals surface area contributed by atoms with Gasteiger partial charge in [-0.2, -0.15) is 18.3 Å². The number of aryl methyl sites for hydroxylation is 1. The van der Waals surface area contributed by atoms with Crippen molar-refractivity contribution in [2.75, 3.05) is 0 Å². The van der Waals surface area contributed by atoms with Gasteiger partial charge in [-0.25, -0.2) is 9.18 Å². The van der Waals surface area contributed by atoms with Gasteiger partial charge >= 0.3 is 12.1 Å². The average molecular weight is 362 g/mol. The van der Waals surface area contributed by atoms with Crippen LogP contribution in [0.4, 0.5) is 17.6 Å². The molecular weight excluding hydrogens is 348 g/mol. The third-order valence-corrected chi connectivity index (χ3v) is 3.48. The molecule has 0 spiro atoms. The number of alkyl halides is 3. The van der Waals surface area contributed by atoms with E-state index in [-0.39, 0.29) is 17.9 Å². The fourth-order valence-corrected chi connectivity index (χ4v) is 2.06. The van der Waals surface area contributed by atoms with Crippen molar-refractivity contribution >= 4 is 5.97 Å². The van der Waals surface area contributed by atoms with E-state index in [4.69, 9.17) is 14.9 Å². The number of benzene rings is 1. The van der Waals surface area contributed by atoms with E-state index in [2.05, 4.69) is 5.10 Å². The van der Waals surface area contributed by atoms with Gasteiger partial charge in [-0.15, -0.1) is 0 Å². The van der Waals surface area contributed by atoms with E-state index < -0.39 is 35.4 Å². The van der Waals surface area contributed by atoms with Crippen molar-refractivity contribution in [3.63, 3.8) is 0 Å².